The van der Waals surface area contributed by atoms with Gasteiger partial charge in [-0.05, 0) is 29.5 Å². The van der Waals surface area contributed by atoms with Crippen molar-refractivity contribution in [3.63, 3.8) is 0 Å². The third kappa shape index (κ3) is 5.39. The minimum absolute atomic E-state index is 0.223. The Kier molecular flexibility index (Phi) is 7.55. The first kappa shape index (κ1) is 20.0. The molecule has 1 aliphatic heterocycles. The Morgan fingerprint density at radius 2 is 1.86 bits per heavy atom. The van der Waals surface area contributed by atoms with Crippen molar-refractivity contribution in [2.75, 3.05) is 6.54 Å². The molecule has 0 unspecified atom stereocenters. The smallest absolute Gasteiger partial charge is 0.411 e. The quantitative estimate of drug-likeness (QED) is 0.465. The Labute approximate surface area is 168 Å². The number of rotatable bonds is 6. The first-order valence-corrected chi connectivity index (χ1v) is 10.3. The van der Waals surface area contributed by atoms with Gasteiger partial charge < -0.3 is 4.74 Å². The second kappa shape index (κ2) is 10.6. The monoisotopic (exact) mass is 375 g/mol. The van der Waals surface area contributed by atoms with Crippen molar-refractivity contribution in [2.45, 2.75) is 58.1 Å². The Bertz CT molecular complexity index is 819. The molecule has 3 heteroatoms. The van der Waals surface area contributed by atoms with Crippen LogP contribution in [0.5, 0.6) is 0 Å². The number of unbranched alkanes of at least 4 members (excludes halogenated alkanes) is 4. The van der Waals surface area contributed by atoms with Crippen LogP contribution in [0, 0.1) is 11.8 Å². The molecular formula is C25H29NO2. The van der Waals surface area contributed by atoms with Crippen molar-refractivity contribution in [3.05, 3.63) is 71.3 Å². The van der Waals surface area contributed by atoms with Gasteiger partial charge in [-0.25, -0.2) is 4.79 Å². The molecule has 0 spiro atoms. The maximum Gasteiger partial charge on any atom is 0.411 e. The molecule has 0 N–H and O–H groups in total. The summed E-state index contributed by atoms with van der Waals surface area (Å²) in [6, 6.07) is 17.9. The highest BCUT2D eigenvalue weighted by molar-refractivity contribution is 5.70. The number of carbonyl (C=O) groups excluding carboxylic acids is 1. The van der Waals surface area contributed by atoms with E-state index in [1.807, 2.05) is 36.4 Å². The van der Waals surface area contributed by atoms with E-state index in [-0.39, 0.29) is 18.7 Å². The zero-order valence-corrected chi connectivity index (χ0v) is 16.7. The zero-order valence-electron chi connectivity index (χ0n) is 16.7. The summed E-state index contributed by atoms with van der Waals surface area (Å²) < 4.78 is 5.59. The number of amides is 1. The Morgan fingerprint density at radius 3 is 2.68 bits per heavy atom. The topological polar surface area (TPSA) is 29.5 Å². The van der Waals surface area contributed by atoms with Crippen molar-refractivity contribution < 1.29 is 9.53 Å². The molecule has 1 aliphatic rings. The Hall–Kier alpha value is -2.73. The van der Waals surface area contributed by atoms with E-state index in [1.54, 1.807) is 4.90 Å². The van der Waals surface area contributed by atoms with E-state index in [2.05, 4.69) is 37.0 Å². The molecule has 146 valence electrons. The number of nitrogens with zero attached hydrogens (tertiary/aromatic N) is 1. The van der Waals surface area contributed by atoms with E-state index in [0.29, 0.717) is 6.54 Å². The molecule has 2 aromatic carbocycles. The van der Waals surface area contributed by atoms with Crippen molar-refractivity contribution in [1.82, 2.24) is 4.90 Å². The molecule has 1 atom stereocenters. The van der Waals surface area contributed by atoms with Crippen LogP contribution in [0.3, 0.4) is 0 Å². The number of carbonyl (C=O) groups is 1. The molecule has 28 heavy (non-hydrogen) atoms. The van der Waals surface area contributed by atoms with Gasteiger partial charge in [0.2, 0.25) is 0 Å². The lowest BCUT2D eigenvalue weighted by molar-refractivity contribution is 0.0862. The first-order chi connectivity index (χ1) is 13.8. The summed E-state index contributed by atoms with van der Waals surface area (Å²) in [5.74, 6) is 6.67. The highest BCUT2D eigenvalue weighted by atomic mass is 16.6. The summed E-state index contributed by atoms with van der Waals surface area (Å²) in [4.78, 5) is 14.6. The molecule has 0 radical (unpaired) electrons. The van der Waals surface area contributed by atoms with Gasteiger partial charge >= 0.3 is 6.09 Å². The van der Waals surface area contributed by atoms with Crippen molar-refractivity contribution in [1.29, 1.82) is 0 Å². The minimum Gasteiger partial charge on any atom is -0.445 e. The molecule has 0 bridgehead atoms. The van der Waals surface area contributed by atoms with Crippen LogP contribution in [0.25, 0.3) is 0 Å². The predicted octanol–water partition coefficient (Wildman–Crippen LogP) is 5.90. The van der Waals surface area contributed by atoms with Gasteiger partial charge in [0.1, 0.15) is 12.6 Å². The molecule has 2 aromatic rings. The van der Waals surface area contributed by atoms with Gasteiger partial charge in [0.15, 0.2) is 0 Å². The van der Waals surface area contributed by atoms with E-state index in [0.717, 1.165) is 30.4 Å². The lowest BCUT2D eigenvalue weighted by atomic mass is 9.93. The second-order valence-electron chi connectivity index (χ2n) is 7.22. The van der Waals surface area contributed by atoms with Crippen LogP contribution >= 0.6 is 0 Å². The fourth-order valence-corrected chi connectivity index (χ4v) is 3.53. The van der Waals surface area contributed by atoms with Crippen LogP contribution in [0.4, 0.5) is 4.79 Å². The van der Waals surface area contributed by atoms with Crippen molar-refractivity contribution >= 4 is 6.09 Å². The van der Waals surface area contributed by atoms with Crippen LogP contribution in [0.2, 0.25) is 0 Å². The number of benzene rings is 2. The zero-order chi connectivity index (χ0) is 19.6. The Morgan fingerprint density at radius 1 is 1.07 bits per heavy atom. The first-order valence-electron chi connectivity index (χ1n) is 10.3. The number of hydrogen-bond donors (Lipinski definition) is 0. The molecule has 3 rings (SSSR count). The molecule has 1 amide bonds. The average molecular weight is 376 g/mol. The third-order valence-corrected chi connectivity index (χ3v) is 5.12. The molecule has 0 aliphatic carbocycles. The van der Waals surface area contributed by atoms with Gasteiger partial charge in [0.05, 0.1) is 0 Å². The highest BCUT2D eigenvalue weighted by Gasteiger charge is 2.30. The average Bonchev–Trinajstić information content (AvgIpc) is 2.75. The fraction of sp³-hybridized carbons (Fsp3) is 0.400. The molecule has 0 aromatic heterocycles. The maximum absolute atomic E-state index is 12.8. The summed E-state index contributed by atoms with van der Waals surface area (Å²) in [7, 11) is 0. The molecule has 0 saturated carbocycles. The van der Waals surface area contributed by atoms with E-state index in [9.17, 15) is 4.79 Å². The molecule has 0 saturated heterocycles. The summed E-state index contributed by atoms with van der Waals surface area (Å²) >= 11 is 0. The van der Waals surface area contributed by atoms with E-state index < -0.39 is 0 Å². The van der Waals surface area contributed by atoms with Crippen LogP contribution in [-0.2, 0) is 17.8 Å². The van der Waals surface area contributed by atoms with Gasteiger partial charge in [-0.1, -0.05) is 86.7 Å². The van der Waals surface area contributed by atoms with Crippen molar-refractivity contribution in [2.24, 2.45) is 0 Å². The van der Waals surface area contributed by atoms with Crippen molar-refractivity contribution in [3.8, 4) is 11.8 Å². The number of fused-ring (bicyclic) bond motifs is 1. The van der Waals surface area contributed by atoms with Gasteiger partial charge in [-0.3, -0.25) is 4.90 Å². The maximum atomic E-state index is 12.8. The van der Waals surface area contributed by atoms with Crippen LogP contribution in [0.1, 0.15) is 61.8 Å². The van der Waals surface area contributed by atoms with Gasteiger partial charge in [0.25, 0.3) is 0 Å². The Balaban J connectivity index is 1.69. The molecule has 1 heterocycles. The number of hydrogen-bond acceptors (Lipinski definition) is 2. The predicted molar refractivity (Wildman–Crippen MR) is 113 cm³/mol. The number of ether oxygens (including phenoxy) is 1. The van der Waals surface area contributed by atoms with Gasteiger partial charge in [0, 0.05) is 13.0 Å². The van der Waals surface area contributed by atoms with Crippen LogP contribution in [0.15, 0.2) is 54.6 Å². The van der Waals surface area contributed by atoms with Gasteiger partial charge in [-0.2, -0.15) is 0 Å². The third-order valence-electron chi connectivity index (χ3n) is 5.12. The highest BCUT2D eigenvalue weighted by Crippen LogP contribution is 2.30. The minimum atomic E-state index is -0.288. The summed E-state index contributed by atoms with van der Waals surface area (Å²) in [6.45, 7) is 3.14. The largest absolute Gasteiger partial charge is 0.445 e. The second-order valence-corrected chi connectivity index (χ2v) is 7.22. The fourth-order valence-electron chi connectivity index (χ4n) is 3.53. The lowest BCUT2D eigenvalue weighted by Crippen LogP contribution is -2.39. The van der Waals surface area contributed by atoms with E-state index in [1.165, 1.54) is 24.8 Å². The molecule has 0 fully saturated rings. The van der Waals surface area contributed by atoms with E-state index >= 15 is 0 Å². The standard InChI is InChI=1S/C25H29NO2/c1-2-3-4-5-6-10-17-24-23-16-12-11-15-22(23)18-19-26(24)25(27)28-20-21-13-8-7-9-14-21/h7-9,11-16,24H,2-6,18-20H2,1H3/t24-/m0/s1. The van der Waals surface area contributed by atoms with E-state index in [4.69, 9.17) is 4.74 Å². The molecule has 3 nitrogen and oxygen atoms in total. The summed E-state index contributed by atoms with van der Waals surface area (Å²) in [5, 5.41) is 0. The van der Waals surface area contributed by atoms with Crippen LogP contribution in [-0.4, -0.2) is 17.5 Å². The molecular weight excluding hydrogens is 346 g/mol. The summed E-state index contributed by atoms with van der Waals surface area (Å²) in [6.07, 6.45) is 6.25. The van der Waals surface area contributed by atoms with Crippen LogP contribution < -0.4 is 0 Å². The normalized spacial score (nSPS) is 15.3. The lowest BCUT2D eigenvalue weighted by Gasteiger charge is -2.33. The summed E-state index contributed by atoms with van der Waals surface area (Å²) in [5.41, 5.74) is 3.40. The SMILES string of the molecule is CCCCCCC#C[C@H]1c2ccccc2CCN1C(=O)OCc1ccccc1. The van der Waals surface area contributed by atoms with Gasteiger partial charge in [-0.15, -0.1) is 5.92 Å².